The minimum absolute atomic E-state index is 0.131. The maximum Gasteiger partial charge on any atom is 0.351 e. The van der Waals surface area contributed by atoms with Gasteiger partial charge in [0.2, 0.25) is 7.37 Å². The predicted molar refractivity (Wildman–Crippen MR) is 359 cm³/mol. The van der Waals surface area contributed by atoms with Gasteiger partial charge in [-0.25, -0.2) is 54.4 Å². The highest BCUT2D eigenvalue weighted by Crippen LogP contribution is 2.51. The lowest BCUT2D eigenvalue weighted by Crippen LogP contribution is -2.44. The third kappa shape index (κ3) is 19.3. The Balaban J connectivity index is 0.000000198. The summed E-state index contributed by atoms with van der Waals surface area (Å²) >= 11 is 9.53. The quantitative estimate of drug-likeness (QED) is 0.0180. The van der Waals surface area contributed by atoms with Crippen molar-refractivity contribution in [2.45, 2.75) is 128 Å². The van der Waals surface area contributed by atoms with E-state index in [0.717, 1.165) is 0 Å². The van der Waals surface area contributed by atoms with Gasteiger partial charge in [0.1, 0.15) is 53.6 Å². The van der Waals surface area contributed by atoms with E-state index in [9.17, 15) is 43.3 Å². The fraction of sp³-hybridized carbons (Fsp3) is 0.491. The number of anilines is 3. The standard InChI is InChI=1S/C22H28N5O6P.C19H22N5O7P.C11H16N5O7P.C4H12Si.CH2Cl2/c1-5-31-34(4,29)13-30-20-14(2)22(3,33-19(28)15-9-7-6-8-10-15)21(32-20)27-12-26-16-17(23)24-11-25-18(16)27;1-11-17(29-10-32(26,27)28)30-18(24-9-23-13-14(20)21-8-22-15(13)24)19(11,2)31-16(25)12-6-4-3-5-7-12;1-11(18)6(17)9(22-4-24(19,20)21)23-10(11)16-3-15-5-7(12)13-2-14-8(5)16;1-5(2,3)4;2-1-3/h6-12,14,20-21H,5,13H2,1-4H3,(H2,23,24,25);3-9,11,17-18H,10H2,1-2H3,(H2,20,21,22)(H2,26,27,28);2-3,6,9-10,17-18H,4H2,1H3,(H2,12,13,14)(H2,19,20,21);1-4H3;1H2/t14-,20+,21-,22-,34?;11-,17+,18-,19-;6-,9+,10-,11-;;/m111../s1. The summed E-state index contributed by atoms with van der Waals surface area (Å²) in [6, 6.07) is 17.1. The van der Waals surface area contributed by atoms with E-state index < -0.39 is 128 Å². The highest BCUT2D eigenvalue weighted by atomic mass is 35.5. The summed E-state index contributed by atoms with van der Waals surface area (Å²) in [6.07, 6.45) is -1.88. The number of ether oxygens (including phenoxy) is 8. The van der Waals surface area contributed by atoms with Gasteiger partial charge in [0.05, 0.1) is 53.9 Å². The molecule has 0 aliphatic carbocycles. The Morgan fingerprint density at radius 2 is 0.888 bits per heavy atom. The summed E-state index contributed by atoms with van der Waals surface area (Å²) < 4.78 is 90.4. The van der Waals surface area contributed by atoms with E-state index in [0.29, 0.717) is 40.1 Å². The lowest BCUT2D eigenvalue weighted by Gasteiger charge is -2.33. The summed E-state index contributed by atoms with van der Waals surface area (Å²) in [7, 11) is -12.5. The molecule has 3 aliphatic heterocycles. The molecule has 98 heavy (non-hydrogen) atoms. The first-order valence-corrected chi connectivity index (χ1v) is 40.7. The molecular weight excluding hydrogens is 1410 g/mol. The molecular formula is C57H80Cl2N15O20P3Si. The molecule has 0 saturated carbocycles. The Labute approximate surface area is 572 Å². The molecule has 3 aliphatic rings. The number of aromatic nitrogens is 12. The molecule has 9 heterocycles. The van der Waals surface area contributed by atoms with Crippen molar-refractivity contribution >= 4 is 117 Å². The lowest BCUT2D eigenvalue weighted by molar-refractivity contribution is -0.167. The van der Waals surface area contributed by atoms with E-state index in [1.165, 1.54) is 60.7 Å². The van der Waals surface area contributed by atoms with Crippen molar-refractivity contribution in [2.75, 3.05) is 54.9 Å². The maximum atomic E-state index is 13.0. The van der Waals surface area contributed by atoms with Crippen LogP contribution in [0.5, 0.6) is 0 Å². The van der Waals surface area contributed by atoms with Gasteiger partial charge in [-0.05, 0) is 52.0 Å². The normalized spacial score (nSPS) is 26.0. The number of aliphatic hydroxyl groups excluding tert-OH is 1. The van der Waals surface area contributed by atoms with E-state index in [1.54, 1.807) is 86.9 Å². The van der Waals surface area contributed by atoms with Crippen LogP contribution >= 0.6 is 45.8 Å². The van der Waals surface area contributed by atoms with Crippen LogP contribution in [0.4, 0.5) is 17.5 Å². The number of halogens is 2. The van der Waals surface area contributed by atoms with Gasteiger partial charge in [-0.15, -0.1) is 23.2 Å². The Morgan fingerprint density at radius 1 is 0.571 bits per heavy atom. The summed E-state index contributed by atoms with van der Waals surface area (Å²) in [6.45, 7) is 21.1. The average molecular weight is 1490 g/mol. The number of nitrogens with two attached hydrogens (primary N) is 3. The molecule has 2 aromatic carbocycles. The number of hydrogen-bond acceptors (Lipinski definition) is 28. The molecule has 3 saturated heterocycles. The van der Waals surface area contributed by atoms with Crippen LogP contribution in [0.1, 0.15) is 80.9 Å². The first kappa shape index (κ1) is 78.7. The second-order valence-corrected chi connectivity index (χ2v) is 37.2. The first-order valence-electron chi connectivity index (χ1n) is 29.8. The van der Waals surface area contributed by atoms with Crippen molar-refractivity contribution in [3.8, 4) is 0 Å². The second kappa shape index (κ2) is 32.4. The summed E-state index contributed by atoms with van der Waals surface area (Å²) in [5.74, 6) is -1.68. The largest absolute Gasteiger partial charge is 0.450 e. The number of aliphatic hydroxyl groups is 2. The Morgan fingerprint density at radius 3 is 1.22 bits per heavy atom. The molecule has 0 radical (unpaired) electrons. The zero-order valence-corrected chi connectivity index (χ0v) is 60.3. The van der Waals surface area contributed by atoms with E-state index in [1.807, 2.05) is 13.0 Å². The molecule has 35 nitrogen and oxygen atoms in total. The number of imidazole rings is 3. The van der Waals surface area contributed by atoms with E-state index in [4.69, 9.17) is 92.6 Å². The van der Waals surface area contributed by atoms with Gasteiger partial charge < -0.3 is 89.4 Å². The fourth-order valence-corrected chi connectivity index (χ4v) is 11.7. The summed E-state index contributed by atoms with van der Waals surface area (Å²) in [5, 5.41) is 20.9. The van der Waals surface area contributed by atoms with Crippen molar-refractivity contribution in [1.29, 1.82) is 0 Å². The van der Waals surface area contributed by atoms with Crippen molar-refractivity contribution in [2.24, 2.45) is 11.8 Å². The molecule has 12 N–H and O–H groups in total. The maximum absolute atomic E-state index is 13.0. The Hall–Kier alpha value is -6.60. The van der Waals surface area contributed by atoms with Crippen LogP contribution in [0, 0.1) is 11.8 Å². The number of nitrogens with zero attached hydrogens (tertiary/aromatic N) is 12. The minimum Gasteiger partial charge on any atom is -0.450 e. The highest BCUT2D eigenvalue weighted by molar-refractivity contribution is 7.57. The first-order chi connectivity index (χ1) is 45.8. The van der Waals surface area contributed by atoms with E-state index in [-0.39, 0.29) is 40.3 Å². The van der Waals surface area contributed by atoms with Gasteiger partial charge in [0.15, 0.2) is 95.8 Å². The Bertz CT molecular complexity index is 4150. The average Bonchev–Trinajstić information content (AvgIpc) is 1.60. The lowest BCUT2D eigenvalue weighted by atomic mass is 9.90. The number of fused-ring (bicyclic) bond motifs is 3. The minimum atomic E-state index is -4.46. The van der Waals surface area contributed by atoms with Gasteiger partial charge in [0, 0.05) is 14.7 Å². The predicted octanol–water partition coefficient (Wildman–Crippen LogP) is 7.00. The van der Waals surface area contributed by atoms with Crippen LogP contribution in [-0.2, 0) is 56.1 Å². The zero-order chi connectivity index (χ0) is 72.5. The number of rotatable bonds is 18. The smallest absolute Gasteiger partial charge is 0.351 e. The van der Waals surface area contributed by atoms with E-state index >= 15 is 0 Å². The van der Waals surface area contributed by atoms with Gasteiger partial charge in [0.25, 0.3) is 0 Å². The zero-order valence-electron chi connectivity index (χ0n) is 55.1. The molecule has 41 heteroatoms. The number of alkyl halides is 2. The molecule has 0 bridgehead atoms. The summed E-state index contributed by atoms with van der Waals surface area (Å²) in [4.78, 5) is 98.8. The fourth-order valence-electron chi connectivity index (χ4n) is 9.98. The van der Waals surface area contributed by atoms with E-state index in [2.05, 4.69) is 71.0 Å². The topological polar surface area (TPSA) is 499 Å². The SMILES string of the molecule is CCOP(C)(=O)CO[C@H]1O[C@@H](n2cnc3c(N)ncnc32)[C@](C)(OC(=O)c2ccccc2)[C@@H]1C.C[C@@H]1[C@@H](OCP(=O)(O)O)O[C@@H](n2cnc3c(N)ncnc32)[C@]1(C)OC(=O)c1ccccc1.C[C@@]1(O)[C@H](O)[C@@H](OCP(=O)(O)O)O[C@H]1n1cnc2c(N)ncnc21.C[Si](C)(C)C.ClCCl. The monoisotopic (exact) mass is 1490 g/mol. The van der Waals surface area contributed by atoms with Crippen molar-refractivity contribution in [3.05, 3.63) is 110 Å². The third-order valence-electron chi connectivity index (χ3n) is 15.0. The molecule has 11 rings (SSSR count). The molecule has 536 valence electrons. The molecule has 0 amide bonds. The van der Waals surface area contributed by atoms with Crippen LogP contribution in [0.2, 0.25) is 26.2 Å². The van der Waals surface area contributed by atoms with Crippen LogP contribution in [-0.4, -0.2) is 188 Å². The van der Waals surface area contributed by atoms with Gasteiger partial charge in [-0.1, -0.05) is 76.4 Å². The second-order valence-electron chi connectivity index (χ2n) is 24.7. The van der Waals surface area contributed by atoms with Crippen molar-refractivity contribution in [1.82, 2.24) is 58.6 Å². The third-order valence-corrected chi connectivity index (χ3v) is 17.4. The van der Waals surface area contributed by atoms with Crippen LogP contribution in [0.15, 0.2) is 98.6 Å². The number of hydrogen-bond donors (Lipinski definition) is 9. The van der Waals surface area contributed by atoms with Crippen LogP contribution < -0.4 is 17.2 Å². The highest BCUT2D eigenvalue weighted by Gasteiger charge is 2.59. The number of benzene rings is 2. The Kier molecular flexibility index (Phi) is 26.0. The number of esters is 2. The molecule has 3 fully saturated rings. The summed E-state index contributed by atoms with van der Waals surface area (Å²) in [5.41, 5.74) is 15.9. The molecule has 6 aromatic heterocycles. The molecule has 8 aromatic rings. The van der Waals surface area contributed by atoms with Gasteiger partial charge in [-0.3, -0.25) is 27.4 Å². The van der Waals surface area contributed by atoms with Gasteiger partial charge in [-0.2, -0.15) is 0 Å². The molecule has 1 unspecified atom stereocenters. The van der Waals surface area contributed by atoms with Crippen molar-refractivity contribution in [3.63, 3.8) is 0 Å². The number of carbonyl (C=O) groups excluding carboxylic acids is 2. The van der Waals surface area contributed by atoms with Crippen molar-refractivity contribution < 1.29 is 95.5 Å². The van der Waals surface area contributed by atoms with Crippen LogP contribution in [0.25, 0.3) is 33.5 Å². The van der Waals surface area contributed by atoms with Crippen LogP contribution in [0.3, 0.4) is 0 Å². The molecule has 0 spiro atoms. The van der Waals surface area contributed by atoms with Gasteiger partial charge >= 0.3 is 27.1 Å². The number of carbonyl (C=O) groups is 2. The number of nitrogen functional groups attached to an aromatic ring is 3. The molecule has 13 atom stereocenters.